The van der Waals surface area contributed by atoms with Gasteiger partial charge in [-0.1, -0.05) is 22.9 Å². The Labute approximate surface area is 106 Å². The van der Waals surface area contributed by atoms with Gasteiger partial charge in [0.25, 0.3) is 16.4 Å². The van der Waals surface area contributed by atoms with Crippen LogP contribution in [0.3, 0.4) is 0 Å². The predicted molar refractivity (Wildman–Crippen MR) is 59.1 cm³/mol. The second-order valence-corrected chi connectivity index (χ2v) is 6.40. The Morgan fingerprint density at radius 3 is 2.82 bits per heavy atom. The van der Waals surface area contributed by atoms with E-state index in [2.05, 4.69) is 14.4 Å². The lowest BCUT2D eigenvalue weighted by Crippen LogP contribution is -2.27. The number of halogens is 3. The molecular weight excluding hydrogens is 298 g/mol. The maximum absolute atomic E-state index is 11.7. The van der Waals surface area contributed by atoms with Gasteiger partial charge < -0.3 is 4.74 Å². The third-order valence-electron chi connectivity index (χ3n) is 1.50. The van der Waals surface area contributed by atoms with Crippen LogP contribution in [0, 0.1) is 0 Å². The highest BCUT2D eigenvalue weighted by Gasteiger charge is 2.16. The topological polar surface area (TPSA) is 68.3 Å². The van der Waals surface area contributed by atoms with Crippen molar-refractivity contribution >= 4 is 33.0 Å². The highest BCUT2D eigenvalue weighted by Crippen LogP contribution is 2.21. The molecule has 0 aliphatic carbocycles. The van der Waals surface area contributed by atoms with Gasteiger partial charge in [0.1, 0.15) is 6.61 Å². The first kappa shape index (κ1) is 14.7. The molecule has 1 rings (SSSR count). The Hall–Kier alpha value is -0.350. The largest absolute Gasteiger partial charge is 0.374 e. The van der Waals surface area contributed by atoms with Gasteiger partial charge in [-0.2, -0.15) is 0 Å². The maximum Gasteiger partial charge on any atom is 0.261 e. The zero-order valence-electron chi connectivity index (χ0n) is 8.40. The molecular formula is C7H9ClF2N2O3S2. The fraction of sp³-hybridized carbons (Fsp3) is 0.571. The zero-order valence-corrected chi connectivity index (χ0v) is 10.8. The van der Waals surface area contributed by atoms with Crippen LogP contribution in [0.1, 0.15) is 0 Å². The smallest absolute Gasteiger partial charge is 0.261 e. The molecule has 0 radical (unpaired) electrons. The summed E-state index contributed by atoms with van der Waals surface area (Å²) in [6, 6.07) is 0. The summed E-state index contributed by atoms with van der Waals surface area (Å²) in [5.74, 6) is 0. The standard InChI is InChI=1S/C7H9ClF2N2O3S2/c8-7-11-3-6(16-7)17(13,14)12-1-2-15-4-5(9)10/h3,5,12H,1-2,4H2. The molecule has 0 bridgehead atoms. The summed E-state index contributed by atoms with van der Waals surface area (Å²) in [5.41, 5.74) is 0. The van der Waals surface area contributed by atoms with E-state index < -0.39 is 23.1 Å². The van der Waals surface area contributed by atoms with Gasteiger partial charge in [-0.15, -0.1) is 0 Å². The number of hydrogen-bond acceptors (Lipinski definition) is 5. The summed E-state index contributed by atoms with van der Waals surface area (Å²) in [6.07, 6.45) is -1.44. The van der Waals surface area contributed by atoms with Gasteiger partial charge in [0, 0.05) is 6.54 Å². The molecule has 0 spiro atoms. The predicted octanol–water partition coefficient (Wildman–Crippen LogP) is 1.36. The van der Waals surface area contributed by atoms with Crippen molar-refractivity contribution in [2.45, 2.75) is 10.6 Å². The first-order valence-corrected chi connectivity index (χ1v) is 7.06. The lowest BCUT2D eigenvalue weighted by atomic mass is 10.7. The van der Waals surface area contributed by atoms with Gasteiger partial charge in [-0.05, 0) is 0 Å². The summed E-state index contributed by atoms with van der Waals surface area (Å²) in [7, 11) is -3.69. The number of thiazole rings is 1. The monoisotopic (exact) mass is 306 g/mol. The van der Waals surface area contributed by atoms with Gasteiger partial charge in [0.2, 0.25) is 0 Å². The van der Waals surface area contributed by atoms with Crippen molar-refractivity contribution in [3.8, 4) is 0 Å². The van der Waals surface area contributed by atoms with E-state index in [-0.39, 0.29) is 21.8 Å². The van der Waals surface area contributed by atoms with Gasteiger partial charge in [0.15, 0.2) is 8.68 Å². The quantitative estimate of drug-likeness (QED) is 0.772. The molecule has 1 heterocycles. The SMILES string of the molecule is O=S(=O)(NCCOCC(F)F)c1cnc(Cl)s1. The number of alkyl halides is 2. The number of aromatic nitrogens is 1. The average Bonchev–Trinajstić information content (AvgIpc) is 2.64. The zero-order chi connectivity index (χ0) is 12.9. The molecule has 98 valence electrons. The molecule has 0 fully saturated rings. The van der Waals surface area contributed by atoms with Gasteiger partial charge >= 0.3 is 0 Å². The van der Waals surface area contributed by atoms with E-state index in [9.17, 15) is 17.2 Å². The second kappa shape index (κ2) is 6.55. The molecule has 1 N–H and O–H groups in total. The lowest BCUT2D eigenvalue weighted by Gasteiger charge is -2.05. The molecule has 0 aliphatic rings. The van der Waals surface area contributed by atoms with Crippen molar-refractivity contribution in [3.63, 3.8) is 0 Å². The fourth-order valence-electron chi connectivity index (χ4n) is 0.855. The van der Waals surface area contributed by atoms with Crippen LogP contribution in [0.4, 0.5) is 8.78 Å². The number of sulfonamides is 1. The molecule has 0 saturated carbocycles. The number of ether oxygens (including phenoxy) is 1. The molecule has 0 aromatic carbocycles. The van der Waals surface area contributed by atoms with Crippen LogP contribution in [-0.2, 0) is 14.8 Å². The molecule has 5 nitrogen and oxygen atoms in total. The van der Waals surface area contributed by atoms with Crippen molar-refractivity contribution in [2.75, 3.05) is 19.8 Å². The van der Waals surface area contributed by atoms with Crippen LogP contribution >= 0.6 is 22.9 Å². The maximum atomic E-state index is 11.7. The molecule has 0 aliphatic heterocycles. The molecule has 10 heteroatoms. The summed E-state index contributed by atoms with van der Waals surface area (Å²) >= 11 is 6.30. The third-order valence-corrected chi connectivity index (χ3v) is 4.54. The fourth-order valence-corrected chi connectivity index (χ4v) is 3.21. The minimum atomic E-state index is -3.69. The molecule has 0 atom stereocenters. The molecule has 0 saturated heterocycles. The third kappa shape index (κ3) is 5.21. The molecule has 1 aromatic heterocycles. The van der Waals surface area contributed by atoms with Crippen molar-refractivity contribution in [3.05, 3.63) is 10.7 Å². The Morgan fingerprint density at radius 2 is 2.29 bits per heavy atom. The highest BCUT2D eigenvalue weighted by atomic mass is 35.5. The van der Waals surface area contributed by atoms with Crippen molar-refractivity contribution in [2.24, 2.45) is 0 Å². The van der Waals surface area contributed by atoms with E-state index in [0.717, 1.165) is 17.5 Å². The first-order valence-electron chi connectivity index (χ1n) is 4.38. The molecule has 1 aromatic rings. The molecule has 0 unspecified atom stereocenters. The minimum Gasteiger partial charge on any atom is -0.374 e. The van der Waals surface area contributed by atoms with Crippen LogP contribution in [0.5, 0.6) is 0 Å². The van der Waals surface area contributed by atoms with E-state index in [0.29, 0.717) is 0 Å². The lowest BCUT2D eigenvalue weighted by molar-refractivity contribution is 0.0199. The van der Waals surface area contributed by atoms with Gasteiger partial charge in [0.05, 0.1) is 12.8 Å². The summed E-state index contributed by atoms with van der Waals surface area (Å²) in [4.78, 5) is 3.58. The number of nitrogens with one attached hydrogen (secondary N) is 1. The summed E-state index contributed by atoms with van der Waals surface area (Å²) < 4.78 is 53.2. The average molecular weight is 307 g/mol. The Bertz CT molecular complexity index is 452. The van der Waals surface area contributed by atoms with E-state index in [4.69, 9.17) is 11.6 Å². The van der Waals surface area contributed by atoms with Crippen LogP contribution in [-0.4, -0.2) is 39.6 Å². The van der Waals surface area contributed by atoms with Crippen LogP contribution < -0.4 is 4.72 Å². The number of hydrogen-bond donors (Lipinski definition) is 1. The van der Waals surface area contributed by atoms with Crippen molar-refractivity contribution in [1.82, 2.24) is 9.71 Å². The van der Waals surface area contributed by atoms with Crippen LogP contribution in [0.2, 0.25) is 4.47 Å². The van der Waals surface area contributed by atoms with Gasteiger partial charge in [-0.3, -0.25) is 0 Å². The van der Waals surface area contributed by atoms with Crippen molar-refractivity contribution < 1.29 is 21.9 Å². The van der Waals surface area contributed by atoms with E-state index in [1.54, 1.807) is 0 Å². The molecule has 17 heavy (non-hydrogen) atoms. The normalized spacial score (nSPS) is 12.2. The Balaban J connectivity index is 2.36. The van der Waals surface area contributed by atoms with Gasteiger partial charge in [-0.25, -0.2) is 26.9 Å². The second-order valence-electron chi connectivity index (χ2n) is 2.80. The minimum absolute atomic E-state index is 0.0311. The Kier molecular flexibility index (Phi) is 5.67. The van der Waals surface area contributed by atoms with E-state index >= 15 is 0 Å². The Morgan fingerprint density at radius 1 is 1.59 bits per heavy atom. The van der Waals surface area contributed by atoms with Crippen LogP contribution in [0.15, 0.2) is 10.4 Å². The summed E-state index contributed by atoms with van der Waals surface area (Å²) in [6.45, 7) is -0.936. The number of nitrogens with zero attached hydrogens (tertiary/aromatic N) is 1. The van der Waals surface area contributed by atoms with Crippen LogP contribution in [0.25, 0.3) is 0 Å². The first-order chi connectivity index (χ1) is 7.92. The number of rotatable bonds is 7. The highest BCUT2D eigenvalue weighted by molar-refractivity contribution is 7.91. The van der Waals surface area contributed by atoms with E-state index in [1.165, 1.54) is 0 Å². The molecule has 0 amide bonds. The van der Waals surface area contributed by atoms with Crippen molar-refractivity contribution in [1.29, 1.82) is 0 Å². The van der Waals surface area contributed by atoms with E-state index in [1.807, 2.05) is 0 Å². The summed E-state index contributed by atoms with van der Waals surface area (Å²) in [5, 5.41) is 0.